The standard InChI is InChI=1S/C10H16N2O4/c11-8(13)3-10(9(12)14,1-6-4-15-6)2-7-5-16-7/h6-7H,1-5H2,(H2,11,13)(H2,12,14). The molecule has 0 aromatic heterocycles. The first-order valence-corrected chi connectivity index (χ1v) is 5.33. The van der Waals surface area contributed by atoms with Crippen LogP contribution in [0.15, 0.2) is 0 Å². The number of ether oxygens (including phenoxy) is 2. The number of epoxide rings is 2. The van der Waals surface area contributed by atoms with Crippen LogP contribution >= 0.6 is 0 Å². The van der Waals surface area contributed by atoms with Crippen molar-refractivity contribution in [2.75, 3.05) is 13.2 Å². The molecule has 6 heteroatoms. The van der Waals surface area contributed by atoms with E-state index in [0.717, 1.165) is 0 Å². The Morgan fingerprint density at radius 3 is 1.81 bits per heavy atom. The fraction of sp³-hybridized carbons (Fsp3) is 0.800. The van der Waals surface area contributed by atoms with Gasteiger partial charge in [0, 0.05) is 6.42 Å². The van der Waals surface area contributed by atoms with Gasteiger partial charge in [-0.2, -0.15) is 0 Å². The number of carbonyl (C=O) groups is 2. The van der Waals surface area contributed by atoms with E-state index in [2.05, 4.69) is 0 Å². The lowest BCUT2D eigenvalue weighted by molar-refractivity contribution is -0.134. The summed E-state index contributed by atoms with van der Waals surface area (Å²) in [6.07, 6.45) is 0.967. The van der Waals surface area contributed by atoms with Gasteiger partial charge in [0.1, 0.15) is 0 Å². The maximum atomic E-state index is 11.6. The lowest BCUT2D eigenvalue weighted by Crippen LogP contribution is -2.42. The summed E-state index contributed by atoms with van der Waals surface area (Å²) in [6, 6.07) is 0. The maximum Gasteiger partial charge on any atom is 0.224 e. The first-order chi connectivity index (χ1) is 7.52. The quantitative estimate of drug-likeness (QED) is 0.539. The number of carbonyl (C=O) groups excluding carboxylic acids is 2. The van der Waals surface area contributed by atoms with Crippen molar-refractivity contribution in [3.63, 3.8) is 0 Å². The Labute approximate surface area is 93.2 Å². The number of nitrogens with two attached hydrogens (primary N) is 2. The highest BCUT2D eigenvalue weighted by atomic mass is 16.6. The predicted molar refractivity (Wildman–Crippen MR) is 54.2 cm³/mol. The van der Waals surface area contributed by atoms with Gasteiger partial charge in [0.25, 0.3) is 0 Å². The van der Waals surface area contributed by atoms with Crippen LogP contribution in [-0.4, -0.2) is 37.2 Å². The van der Waals surface area contributed by atoms with E-state index in [1.807, 2.05) is 0 Å². The van der Waals surface area contributed by atoms with Gasteiger partial charge in [-0.15, -0.1) is 0 Å². The fourth-order valence-corrected chi connectivity index (χ4v) is 2.09. The number of amides is 2. The summed E-state index contributed by atoms with van der Waals surface area (Å²) in [6.45, 7) is 1.25. The van der Waals surface area contributed by atoms with E-state index in [-0.39, 0.29) is 18.6 Å². The summed E-state index contributed by atoms with van der Waals surface area (Å²) in [5.41, 5.74) is 9.70. The molecule has 0 aromatic carbocycles. The summed E-state index contributed by atoms with van der Waals surface area (Å²) < 4.78 is 10.2. The Kier molecular flexibility index (Phi) is 2.86. The molecule has 2 aliphatic rings. The van der Waals surface area contributed by atoms with Crippen molar-refractivity contribution in [1.82, 2.24) is 0 Å². The fourth-order valence-electron chi connectivity index (χ4n) is 2.09. The number of hydrogen-bond donors (Lipinski definition) is 2. The van der Waals surface area contributed by atoms with Gasteiger partial charge >= 0.3 is 0 Å². The molecule has 0 saturated carbocycles. The smallest absolute Gasteiger partial charge is 0.224 e. The van der Waals surface area contributed by atoms with Crippen LogP contribution in [0.5, 0.6) is 0 Å². The van der Waals surface area contributed by atoms with Crippen molar-refractivity contribution in [3.05, 3.63) is 0 Å². The molecule has 0 bridgehead atoms. The largest absolute Gasteiger partial charge is 0.373 e. The Hall–Kier alpha value is -1.14. The zero-order valence-corrected chi connectivity index (χ0v) is 8.98. The topological polar surface area (TPSA) is 111 Å². The molecule has 0 radical (unpaired) electrons. The summed E-state index contributed by atoms with van der Waals surface area (Å²) in [4.78, 5) is 22.6. The first-order valence-electron chi connectivity index (χ1n) is 5.33. The first kappa shape index (κ1) is 11.3. The molecule has 2 atom stereocenters. The van der Waals surface area contributed by atoms with Gasteiger partial charge in [-0.1, -0.05) is 0 Å². The molecular formula is C10H16N2O4. The zero-order chi connectivity index (χ0) is 11.8. The summed E-state index contributed by atoms with van der Waals surface area (Å²) in [5, 5.41) is 0. The molecule has 4 N–H and O–H groups in total. The van der Waals surface area contributed by atoms with Crippen molar-refractivity contribution >= 4 is 11.8 Å². The van der Waals surface area contributed by atoms with Crippen LogP contribution in [0.25, 0.3) is 0 Å². The minimum Gasteiger partial charge on any atom is -0.373 e. The van der Waals surface area contributed by atoms with E-state index < -0.39 is 17.2 Å². The van der Waals surface area contributed by atoms with Gasteiger partial charge in [-0.05, 0) is 12.8 Å². The maximum absolute atomic E-state index is 11.6. The molecule has 6 nitrogen and oxygen atoms in total. The second-order valence-electron chi connectivity index (χ2n) is 4.61. The van der Waals surface area contributed by atoms with Crippen LogP contribution in [0.3, 0.4) is 0 Å². The number of hydrogen-bond acceptors (Lipinski definition) is 4. The molecule has 2 rings (SSSR count). The van der Waals surface area contributed by atoms with Crippen molar-refractivity contribution in [1.29, 1.82) is 0 Å². The normalized spacial score (nSPS) is 30.5. The Morgan fingerprint density at radius 2 is 1.56 bits per heavy atom. The third-order valence-electron chi connectivity index (χ3n) is 3.08. The molecule has 0 aromatic rings. The summed E-state index contributed by atoms with van der Waals surface area (Å²) in [7, 11) is 0. The van der Waals surface area contributed by atoms with Crippen molar-refractivity contribution in [2.45, 2.75) is 31.5 Å². The van der Waals surface area contributed by atoms with E-state index in [1.54, 1.807) is 0 Å². The van der Waals surface area contributed by atoms with Gasteiger partial charge in [-0.25, -0.2) is 0 Å². The predicted octanol–water partition coefficient (Wildman–Crippen LogP) is -1.09. The van der Waals surface area contributed by atoms with Crippen molar-refractivity contribution in [3.8, 4) is 0 Å². The molecule has 2 aliphatic heterocycles. The van der Waals surface area contributed by atoms with E-state index in [9.17, 15) is 9.59 Å². The van der Waals surface area contributed by atoms with Gasteiger partial charge < -0.3 is 20.9 Å². The van der Waals surface area contributed by atoms with E-state index in [0.29, 0.717) is 26.1 Å². The Morgan fingerprint density at radius 1 is 1.12 bits per heavy atom. The van der Waals surface area contributed by atoms with Crippen molar-refractivity contribution < 1.29 is 19.1 Å². The molecular weight excluding hydrogens is 212 g/mol. The molecule has 2 amide bonds. The molecule has 2 heterocycles. The Bertz CT molecular complexity index is 296. The van der Waals surface area contributed by atoms with Crippen LogP contribution in [-0.2, 0) is 19.1 Å². The van der Waals surface area contributed by atoms with Gasteiger partial charge in [0.2, 0.25) is 11.8 Å². The second-order valence-corrected chi connectivity index (χ2v) is 4.61. The average molecular weight is 228 g/mol. The molecule has 2 fully saturated rings. The number of primary amides is 2. The second kappa shape index (κ2) is 4.03. The molecule has 90 valence electrons. The molecule has 0 spiro atoms. The average Bonchev–Trinajstić information content (AvgIpc) is 2.98. The van der Waals surface area contributed by atoms with Crippen molar-refractivity contribution in [2.24, 2.45) is 16.9 Å². The minimum atomic E-state index is -0.895. The highest BCUT2D eigenvalue weighted by Gasteiger charge is 2.47. The van der Waals surface area contributed by atoms with Crippen LogP contribution in [0, 0.1) is 5.41 Å². The lowest BCUT2D eigenvalue weighted by atomic mass is 9.75. The highest BCUT2D eigenvalue weighted by molar-refractivity contribution is 5.87. The molecule has 2 saturated heterocycles. The summed E-state index contributed by atoms with van der Waals surface area (Å²) in [5.74, 6) is -1.00. The van der Waals surface area contributed by atoms with Crippen LogP contribution in [0.2, 0.25) is 0 Å². The Balaban J connectivity index is 2.09. The third-order valence-corrected chi connectivity index (χ3v) is 3.08. The molecule has 16 heavy (non-hydrogen) atoms. The minimum absolute atomic E-state index is 0.0257. The molecule has 0 aliphatic carbocycles. The van der Waals surface area contributed by atoms with E-state index in [1.165, 1.54) is 0 Å². The van der Waals surface area contributed by atoms with Gasteiger partial charge in [-0.3, -0.25) is 9.59 Å². The molecule has 2 unspecified atom stereocenters. The van der Waals surface area contributed by atoms with E-state index >= 15 is 0 Å². The van der Waals surface area contributed by atoms with Crippen LogP contribution < -0.4 is 11.5 Å². The highest BCUT2D eigenvalue weighted by Crippen LogP contribution is 2.40. The third kappa shape index (κ3) is 2.70. The van der Waals surface area contributed by atoms with Crippen LogP contribution in [0.4, 0.5) is 0 Å². The zero-order valence-electron chi connectivity index (χ0n) is 8.98. The lowest BCUT2D eigenvalue weighted by Gasteiger charge is -2.28. The van der Waals surface area contributed by atoms with Gasteiger partial charge in [0.15, 0.2) is 0 Å². The summed E-state index contributed by atoms with van der Waals surface area (Å²) >= 11 is 0. The SMILES string of the molecule is NC(=O)CC(CC1CO1)(CC1CO1)C(N)=O. The monoisotopic (exact) mass is 228 g/mol. The number of rotatable bonds is 7. The van der Waals surface area contributed by atoms with Crippen LogP contribution in [0.1, 0.15) is 19.3 Å². The van der Waals surface area contributed by atoms with E-state index in [4.69, 9.17) is 20.9 Å². The van der Waals surface area contributed by atoms with Gasteiger partial charge in [0.05, 0.1) is 30.8 Å².